The molecule has 6 heteroatoms. The van der Waals surface area contributed by atoms with Crippen LogP contribution in [-0.2, 0) is 22.6 Å². The maximum atomic E-state index is 13.1. The Balaban J connectivity index is 1.85. The van der Waals surface area contributed by atoms with Crippen LogP contribution in [0.3, 0.4) is 0 Å². The van der Waals surface area contributed by atoms with Gasteiger partial charge in [-0.3, -0.25) is 18.7 Å². The van der Waals surface area contributed by atoms with Crippen LogP contribution in [0.5, 0.6) is 0 Å². The Hall–Kier alpha value is -3.67. The topological polar surface area (TPSA) is 70.3 Å². The molecule has 0 saturated heterocycles. The van der Waals surface area contributed by atoms with Crippen molar-refractivity contribution in [2.45, 2.75) is 20.0 Å². The van der Waals surface area contributed by atoms with E-state index in [0.717, 1.165) is 16.3 Å². The summed E-state index contributed by atoms with van der Waals surface area (Å²) in [6, 6.07) is 20.5. The molecule has 4 aromatic rings. The number of esters is 1. The molecule has 3 aromatic carbocycles. The van der Waals surface area contributed by atoms with Gasteiger partial charge in [-0.05, 0) is 41.5 Å². The summed E-state index contributed by atoms with van der Waals surface area (Å²) in [5.41, 5.74) is 0.347. The molecule has 1 aromatic heterocycles. The van der Waals surface area contributed by atoms with Crippen molar-refractivity contribution in [3.63, 3.8) is 0 Å². The summed E-state index contributed by atoms with van der Waals surface area (Å²) in [7, 11) is 0. The number of rotatable bonds is 5. The van der Waals surface area contributed by atoms with Crippen molar-refractivity contribution in [2.75, 3.05) is 6.61 Å². The highest BCUT2D eigenvalue weighted by atomic mass is 16.5. The monoisotopic (exact) mass is 388 g/mol. The van der Waals surface area contributed by atoms with Crippen molar-refractivity contribution in [2.24, 2.45) is 0 Å². The zero-order valence-electron chi connectivity index (χ0n) is 16.0. The number of aromatic nitrogens is 2. The van der Waals surface area contributed by atoms with Gasteiger partial charge in [-0.15, -0.1) is 0 Å². The largest absolute Gasteiger partial charge is 0.465 e. The normalized spacial score (nSPS) is 11.1. The van der Waals surface area contributed by atoms with E-state index in [2.05, 4.69) is 0 Å². The molecule has 0 aliphatic rings. The number of benzene rings is 3. The lowest BCUT2D eigenvalue weighted by atomic mass is 10.1. The van der Waals surface area contributed by atoms with Crippen molar-refractivity contribution >= 4 is 27.6 Å². The van der Waals surface area contributed by atoms with Crippen molar-refractivity contribution < 1.29 is 9.53 Å². The van der Waals surface area contributed by atoms with E-state index in [4.69, 9.17) is 4.74 Å². The fourth-order valence-corrected chi connectivity index (χ4v) is 3.52. The van der Waals surface area contributed by atoms with E-state index in [-0.39, 0.29) is 25.3 Å². The summed E-state index contributed by atoms with van der Waals surface area (Å²) >= 11 is 0. The zero-order chi connectivity index (χ0) is 20.4. The van der Waals surface area contributed by atoms with E-state index in [1.54, 1.807) is 31.2 Å². The Morgan fingerprint density at radius 2 is 1.62 bits per heavy atom. The Kier molecular flexibility index (Phi) is 4.99. The Morgan fingerprint density at radius 3 is 2.41 bits per heavy atom. The zero-order valence-corrected chi connectivity index (χ0v) is 16.0. The van der Waals surface area contributed by atoms with E-state index in [1.165, 1.54) is 9.13 Å². The lowest BCUT2D eigenvalue weighted by Crippen LogP contribution is -2.41. The van der Waals surface area contributed by atoms with Crippen molar-refractivity contribution in [3.8, 4) is 0 Å². The third-order valence-corrected chi connectivity index (χ3v) is 4.88. The number of nitrogens with zero attached hydrogens (tertiary/aromatic N) is 2. The Labute approximate surface area is 166 Å². The van der Waals surface area contributed by atoms with Crippen LogP contribution >= 0.6 is 0 Å². The number of carbonyl (C=O) groups is 1. The lowest BCUT2D eigenvalue weighted by Gasteiger charge is -2.14. The van der Waals surface area contributed by atoms with Crippen LogP contribution in [0.1, 0.15) is 12.5 Å². The predicted molar refractivity (Wildman–Crippen MR) is 112 cm³/mol. The third-order valence-electron chi connectivity index (χ3n) is 4.88. The number of para-hydroxylation sites is 1. The van der Waals surface area contributed by atoms with Crippen molar-refractivity contribution in [3.05, 3.63) is 93.1 Å². The van der Waals surface area contributed by atoms with E-state index in [1.807, 2.05) is 42.5 Å². The van der Waals surface area contributed by atoms with Gasteiger partial charge in [0.15, 0.2) is 0 Å². The van der Waals surface area contributed by atoms with Crippen LogP contribution in [0.15, 0.2) is 76.3 Å². The van der Waals surface area contributed by atoms with Gasteiger partial charge >= 0.3 is 11.7 Å². The number of hydrogen-bond donors (Lipinski definition) is 0. The minimum Gasteiger partial charge on any atom is -0.465 e. The van der Waals surface area contributed by atoms with Gasteiger partial charge in [-0.25, -0.2) is 4.79 Å². The molecule has 0 amide bonds. The Morgan fingerprint density at radius 1 is 0.897 bits per heavy atom. The van der Waals surface area contributed by atoms with Gasteiger partial charge in [0, 0.05) is 0 Å². The molecule has 29 heavy (non-hydrogen) atoms. The molecule has 0 aliphatic heterocycles. The van der Waals surface area contributed by atoms with Gasteiger partial charge in [0.05, 0.1) is 24.1 Å². The molecule has 0 bridgehead atoms. The van der Waals surface area contributed by atoms with E-state index in [9.17, 15) is 14.4 Å². The van der Waals surface area contributed by atoms with Crippen LogP contribution in [-0.4, -0.2) is 21.7 Å². The molecule has 0 spiro atoms. The maximum absolute atomic E-state index is 13.1. The molecular weight excluding hydrogens is 368 g/mol. The first-order valence-corrected chi connectivity index (χ1v) is 9.44. The van der Waals surface area contributed by atoms with Crippen LogP contribution in [0.2, 0.25) is 0 Å². The molecule has 0 radical (unpaired) electrons. The number of fused-ring (bicyclic) bond motifs is 2. The summed E-state index contributed by atoms with van der Waals surface area (Å²) in [5.74, 6) is -0.518. The highest BCUT2D eigenvalue weighted by Crippen LogP contribution is 2.16. The lowest BCUT2D eigenvalue weighted by molar-refractivity contribution is -0.143. The first-order valence-electron chi connectivity index (χ1n) is 9.44. The molecule has 0 fully saturated rings. The minimum atomic E-state index is -0.532. The average molecular weight is 388 g/mol. The van der Waals surface area contributed by atoms with Crippen molar-refractivity contribution in [1.82, 2.24) is 9.13 Å². The highest BCUT2D eigenvalue weighted by molar-refractivity contribution is 5.83. The molecule has 0 aliphatic carbocycles. The van der Waals surface area contributed by atoms with Crippen LogP contribution in [0.4, 0.5) is 0 Å². The first kappa shape index (κ1) is 18.7. The molecule has 1 heterocycles. The highest BCUT2D eigenvalue weighted by Gasteiger charge is 2.16. The van der Waals surface area contributed by atoms with Gasteiger partial charge in [-0.2, -0.15) is 0 Å². The SMILES string of the molecule is CCOC(=O)Cn1c(=O)n(Cc2ccc3ccccc3c2)c(=O)c2ccccc21. The fourth-order valence-electron chi connectivity index (χ4n) is 3.52. The standard InChI is InChI=1S/C23H20N2O4/c1-2-29-21(26)15-24-20-10-6-5-9-19(20)22(27)25(23(24)28)14-16-11-12-17-7-3-4-8-18(17)13-16/h3-13H,2,14-15H2,1H3. The smallest absolute Gasteiger partial charge is 0.332 e. The quantitative estimate of drug-likeness (QED) is 0.493. The summed E-state index contributed by atoms with van der Waals surface area (Å²) in [5, 5.41) is 2.50. The number of carbonyl (C=O) groups excluding carboxylic acids is 1. The summed E-state index contributed by atoms with van der Waals surface area (Å²) in [4.78, 5) is 38.2. The third kappa shape index (κ3) is 3.57. The van der Waals surface area contributed by atoms with Gasteiger partial charge in [-0.1, -0.05) is 48.5 Å². The molecular formula is C23H20N2O4. The first-order chi connectivity index (χ1) is 14.1. The van der Waals surface area contributed by atoms with E-state index < -0.39 is 11.7 Å². The molecule has 0 atom stereocenters. The van der Waals surface area contributed by atoms with Gasteiger partial charge < -0.3 is 4.74 Å². The fraction of sp³-hybridized carbons (Fsp3) is 0.174. The second-order valence-electron chi connectivity index (χ2n) is 6.76. The van der Waals surface area contributed by atoms with Crippen LogP contribution < -0.4 is 11.2 Å². The number of hydrogen-bond acceptors (Lipinski definition) is 4. The van der Waals surface area contributed by atoms with Crippen LogP contribution in [0, 0.1) is 0 Å². The molecule has 0 unspecified atom stereocenters. The van der Waals surface area contributed by atoms with E-state index in [0.29, 0.717) is 10.9 Å². The van der Waals surface area contributed by atoms with Crippen LogP contribution in [0.25, 0.3) is 21.7 Å². The Bertz CT molecular complexity index is 1330. The second kappa shape index (κ2) is 7.75. The molecule has 0 N–H and O–H groups in total. The second-order valence-corrected chi connectivity index (χ2v) is 6.76. The summed E-state index contributed by atoms with van der Waals surface area (Å²) < 4.78 is 7.47. The summed E-state index contributed by atoms with van der Waals surface area (Å²) in [6.07, 6.45) is 0. The maximum Gasteiger partial charge on any atom is 0.332 e. The van der Waals surface area contributed by atoms with Gasteiger partial charge in [0.25, 0.3) is 5.56 Å². The molecule has 0 saturated carbocycles. The number of ether oxygens (including phenoxy) is 1. The molecule has 6 nitrogen and oxygen atoms in total. The van der Waals surface area contributed by atoms with Crippen molar-refractivity contribution in [1.29, 1.82) is 0 Å². The van der Waals surface area contributed by atoms with Gasteiger partial charge in [0.1, 0.15) is 6.54 Å². The molecule has 4 rings (SSSR count). The van der Waals surface area contributed by atoms with Gasteiger partial charge in [0.2, 0.25) is 0 Å². The van der Waals surface area contributed by atoms with E-state index >= 15 is 0 Å². The predicted octanol–water partition coefficient (Wildman–Crippen LogP) is 2.93. The average Bonchev–Trinajstić information content (AvgIpc) is 2.74. The minimum absolute atomic E-state index is 0.121. The summed E-state index contributed by atoms with van der Waals surface area (Å²) in [6.45, 7) is 1.81. The molecule has 146 valence electrons.